The minimum atomic E-state index is -5.51. The quantitative estimate of drug-likeness (QED) is 0.381. The molecule has 1 aromatic rings. The Morgan fingerprint density at radius 1 is 1.42 bits per heavy atom. The van der Waals surface area contributed by atoms with Crippen molar-refractivity contribution >= 4 is 55.4 Å². The molecule has 0 radical (unpaired) electrons. The van der Waals surface area contributed by atoms with E-state index in [0.29, 0.717) is 12.1 Å². The standard InChI is InChI=1S/C8H6F3IN2O3S2/c9-8(10,11)19(16,17)3-1-4(12)6(15)5(2-3)14-7(13)18/h1-2,15H,(H3,13,14,18). The van der Waals surface area contributed by atoms with E-state index in [0.717, 1.165) is 0 Å². The molecule has 0 heterocycles. The lowest BCUT2D eigenvalue weighted by molar-refractivity contribution is -0.0436. The Bertz CT molecular complexity index is 631. The summed E-state index contributed by atoms with van der Waals surface area (Å²) in [5.41, 5.74) is -0.631. The van der Waals surface area contributed by atoms with Gasteiger partial charge in [-0.1, -0.05) is 0 Å². The fourth-order valence-corrected chi connectivity index (χ4v) is 2.85. The van der Waals surface area contributed by atoms with Crippen molar-refractivity contribution in [1.29, 1.82) is 0 Å². The van der Waals surface area contributed by atoms with Crippen molar-refractivity contribution < 1.29 is 26.7 Å². The summed E-state index contributed by atoms with van der Waals surface area (Å²) < 4.78 is 59.7. The summed E-state index contributed by atoms with van der Waals surface area (Å²) in [6.45, 7) is 0. The summed E-state index contributed by atoms with van der Waals surface area (Å²) >= 11 is 5.96. The van der Waals surface area contributed by atoms with Crippen LogP contribution in [0.1, 0.15) is 0 Å². The van der Waals surface area contributed by atoms with Crippen LogP contribution in [0.2, 0.25) is 0 Å². The molecule has 0 fully saturated rings. The van der Waals surface area contributed by atoms with Crippen molar-refractivity contribution in [1.82, 2.24) is 0 Å². The number of aromatic hydroxyl groups is 1. The van der Waals surface area contributed by atoms with Crippen LogP contribution in [0.3, 0.4) is 0 Å². The number of thiocarbonyl (C=S) groups is 1. The van der Waals surface area contributed by atoms with E-state index in [1.807, 2.05) is 0 Å². The van der Waals surface area contributed by atoms with Crippen LogP contribution in [0.4, 0.5) is 18.9 Å². The molecule has 0 aromatic heterocycles. The van der Waals surface area contributed by atoms with Crippen LogP contribution in [-0.4, -0.2) is 24.1 Å². The number of alkyl halides is 3. The number of phenolic OH excluding ortho intramolecular Hbond substituents is 1. The van der Waals surface area contributed by atoms with Crippen molar-refractivity contribution in [3.05, 3.63) is 15.7 Å². The second kappa shape index (κ2) is 5.28. The van der Waals surface area contributed by atoms with Crippen LogP contribution in [0.25, 0.3) is 0 Å². The monoisotopic (exact) mass is 426 g/mol. The van der Waals surface area contributed by atoms with Crippen molar-refractivity contribution in [3.8, 4) is 5.75 Å². The lowest BCUT2D eigenvalue weighted by atomic mass is 10.3. The summed E-state index contributed by atoms with van der Waals surface area (Å²) in [6, 6.07) is 1.31. The van der Waals surface area contributed by atoms with Crippen LogP contribution in [0, 0.1) is 3.57 Å². The first-order valence-corrected chi connectivity index (χ1v) is 7.34. The van der Waals surface area contributed by atoms with E-state index in [1.165, 1.54) is 22.6 Å². The zero-order chi connectivity index (χ0) is 15.0. The normalized spacial score (nSPS) is 12.2. The lowest BCUT2D eigenvalue weighted by Gasteiger charge is -2.13. The molecule has 0 bridgehead atoms. The van der Waals surface area contributed by atoms with E-state index >= 15 is 0 Å². The molecule has 0 atom stereocenters. The molecular weight excluding hydrogens is 420 g/mol. The van der Waals surface area contributed by atoms with Crippen molar-refractivity contribution in [3.63, 3.8) is 0 Å². The Kier molecular flexibility index (Phi) is 4.51. The SMILES string of the molecule is NC(=S)Nc1cc(S(=O)(=O)C(F)(F)F)cc(I)c1O. The molecule has 0 aliphatic rings. The molecule has 106 valence electrons. The summed E-state index contributed by atoms with van der Waals surface area (Å²) in [4.78, 5) is -1.01. The average Bonchev–Trinajstić information content (AvgIpc) is 2.21. The maximum Gasteiger partial charge on any atom is 0.501 e. The summed E-state index contributed by atoms with van der Waals surface area (Å²) in [5, 5.41) is 11.5. The Morgan fingerprint density at radius 2 is 1.95 bits per heavy atom. The Labute approximate surface area is 125 Å². The van der Waals surface area contributed by atoms with E-state index in [2.05, 4.69) is 17.5 Å². The van der Waals surface area contributed by atoms with Crippen LogP contribution in [0.5, 0.6) is 5.75 Å². The molecular formula is C8H6F3IN2O3S2. The van der Waals surface area contributed by atoms with Gasteiger partial charge in [0.1, 0.15) is 0 Å². The van der Waals surface area contributed by atoms with E-state index in [9.17, 15) is 26.7 Å². The van der Waals surface area contributed by atoms with Crippen LogP contribution >= 0.6 is 34.8 Å². The molecule has 0 spiro atoms. The second-order valence-electron chi connectivity index (χ2n) is 3.24. The Hall–Kier alpha value is -0.820. The zero-order valence-electron chi connectivity index (χ0n) is 8.82. The highest BCUT2D eigenvalue weighted by molar-refractivity contribution is 14.1. The second-order valence-corrected chi connectivity index (χ2v) is 6.78. The molecule has 0 aliphatic carbocycles. The predicted octanol–water partition coefficient (Wildman–Crippen LogP) is 1.95. The topological polar surface area (TPSA) is 92.4 Å². The van der Waals surface area contributed by atoms with Gasteiger partial charge in [0.2, 0.25) is 0 Å². The molecule has 0 saturated carbocycles. The highest BCUT2D eigenvalue weighted by Gasteiger charge is 2.47. The fraction of sp³-hybridized carbons (Fsp3) is 0.125. The van der Waals surface area contributed by atoms with Crippen LogP contribution in [0.15, 0.2) is 17.0 Å². The molecule has 5 nitrogen and oxygen atoms in total. The number of nitrogens with two attached hydrogens (primary N) is 1. The molecule has 0 saturated heterocycles. The lowest BCUT2D eigenvalue weighted by Crippen LogP contribution is -2.24. The fourth-order valence-electron chi connectivity index (χ4n) is 1.09. The highest BCUT2D eigenvalue weighted by atomic mass is 127. The number of hydrogen-bond acceptors (Lipinski definition) is 4. The maximum atomic E-state index is 12.4. The van der Waals surface area contributed by atoms with Gasteiger partial charge in [-0.15, -0.1) is 0 Å². The van der Waals surface area contributed by atoms with Crippen LogP contribution < -0.4 is 11.1 Å². The maximum absolute atomic E-state index is 12.4. The first kappa shape index (κ1) is 16.2. The Morgan fingerprint density at radius 3 is 2.37 bits per heavy atom. The van der Waals surface area contributed by atoms with Crippen molar-refractivity contribution in [2.45, 2.75) is 10.4 Å². The van der Waals surface area contributed by atoms with Gasteiger partial charge in [-0.05, 0) is 46.9 Å². The highest BCUT2D eigenvalue weighted by Crippen LogP contribution is 2.37. The molecule has 0 aliphatic heterocycles. The van der Waals surface area contributed by atoms with Gasteiger partial charge in [-0.3, -0.25) is 0 Å². The van der Waals surface area contributed by atoms with E-state index in [-0.39, 0.29) is 14.4 Å². The summed E-state index contributed by atoms with van der Waals surface area (Å²) in [6.07, 6.45) is 0. The molecule has 1 rings (SSSR count). The predicted molar refractivity (Wildman–Crippen MR) is 74.5 cm³/mol. The third-order valence-corrected chi connectivity index (χ3v) is 4.30. The van der Waals surface area contributed by atoms with E-state index in [4.69, 9.17) is 5.73 Å². The minimum Gasteiger partial charge on any atom is -0.505 e. The first-order chi connectivity index (χ1) is 8.46. The van der Waals surface area contributed by atoms with Gasteiger partial charge in [0.25, 0.3) is 9.84 Å². The number of sulfone groups is 1. The van der Waals surface area contributed by atoms with Crippen molar-refractivity contribution in [2.75, 3.05) is 5.32 Å². The molecule has 0 unspecified atom stereocenters. The van der Waals surface area contributed by atoms with Crippen molar-refractivity contribution in [2.24, 2.45) is 5.73 Å². The van der Waals surface area contributed by atoms with Gasteiger partial charge in [0, 0.05) is 0 Å². The molecule has 19 heavy (non-hydrogen) atoms. The number of nitrogens with one attached hydrogen (secondary N) is 1. The van der Waals surface area contributed by atoms with E-state index in [1.54, 1.807) is 0 Å². The first-order valence-electron chi connectivity index (χ1n) is 4.37. The largest absolute Gasteiger partial charge is 0.505 e. The molecule has 1 aromatic carbocycles. The average molecular weight is 426 g/mol. The number of phenols is 1. The number of hydrogen-bond donors (Lipinski definition) is 3. The van der Waals surface area contributed by atoms with Gasteiger partial charge in [-0.25, -0.2) is 8.42 Å². The molecule has 11 heteroatoms. The van der Waals surface area contributed by atoms with Gasteiger partial charge in [-0.2, -0.15) is 13.2 Å². The molecule has 4 N–H and O–H groups in total. The third-order valence-electron chi connectivity index (χ3n) is 1.91. The summed E-state index contributed by atoms with van der Waals surface area (Å²) in [7, 11) is -5.51. The smallest absolute Gasteiger partial charge is 0.501 e. The van der Waals surface area contributed by atoms with E-state index < -0.39 is 26.0 Å². The summed E-state index contributed by atoms with van der Waals surface area (Å²) in [5.74, 6) is -0.450. The number of benzene rings is 1. The zero-order valence-corrected chi connectivity index (χ0v) is 12.6. The molecule has 0 amide bonds. The number of halogens is 4. The Balaban J connectivity index is 3.49. The van der Waals surface area contributed by atoms with Gasteiger partial charge < -0.3 is 16.2 Å². The number of anilines is 1. The number of rotatable bonds is 2. The van der Waals surface area contributed by atoms with Gasteiger partial charge in [0.05, 0.1) is 14.2 Å². The third kappa shape index (κ3) is 3.39. The van der Waals surface area contributed by atoms with Gasteiger partial charge >= 0.3 is 5.51 Å². The minimum absolute atomic E-state index is 0.0957. The van der Waals surface area contributed by atoms with Gasteiger partial charge in [0.15, 0.2) is 10.9 Å². The van der Waals surface area contributed by atoms with Crippen LogP contribution in [-0.2, 0) is 9.84 Å².